The lowest BCUT2D eigenvalue weighted by Crippen LogP contribution is -2.28. The van der Waals surface area contributed by atoms with Crippen LogP contribution in [0.5, 0.6) is 0 Å². The van der Waals surface area contributed by atoms with Crippen LogP contribution in [0.3, 0.4) is 0 Å². The number of hydrogen-bond donors (Lipinski definition) is 2. The minimum absolute atomic E-state index is 0.586. The van der Waals surface area contributed by atoms with Gasteiger partial charge in [-0.1, -0.05) is 42.5 Å². The fourth-order valence-corrected chi connectivity index (χ4v) is 3.53. The zero-order valence-electron chi connectivity index (χ0n) is 14.0. The molecule has 3 rings (SSSR count). The van der Waals surface area contributed by atoms with E-state index in [1.165, 1.54) is 11.1 Å². The zero-order valence-corrected chi connectivity index (χ0v) is 15.6. The molecule has 3 aromatic rings. The molecule has 0 saturated carbocycles. The predicted molar refractivity (Wildman–Crippen MR) is 112 cm³/mol. The summed E-state index contributed by atoms with van der Waals surface area (Å²) in [6, 6.07) is 16.4. The van der Waals surface area contributed by atoms with Crippen molar-refractivity contribution in [3.8, 4) is 21.8 Å². The van der Waals surface area contributed by atoms with Gasteiger partial charge in [-0.2, -0.15) is 0 Å². The van der Waals surface area contributed by atoms with Crippen LogP contribution in [-0.4, -0.2) is 16.6 Å². The Morgan fingerprint density at radius 3 is 2.68 bits per heavy atom. The van der Waals surface area contributed by atoms with Gasteiger partial charge < -0.3 is 10.6 Å². The highest BCUT2D eigenvalue weighted by molar-refractivity contribution is 7.80. The highest BCUT2D eigenvalue weighted by Gasteiger charge is 2.08. The average Bonchev–Trinajstić information content (AvgIpc) is 3.11. The molecule has 0 aliphatic rings. The van der Waals surface area contributed by atoms with Crippen LogP contribution in [-0.2, 0) is 0 Å². The van der Waals surface area contributed by atoms with Gasteiger partial charge in [0.05, 0.1) is 5.69 Å². The lowest BCUT2D eigenvalue weighted by Gasteiger charge is -2.09. The van der Waals surface area contributed by atoms with E-state index in [2.05, 4.69) is 53.8 Å². The Hall–Kier alpha value is -2.50. The van der Waals surface area contributed by atoms with E-state index in [1.807, 2.05) is 24.3 Å². The topological polar surface area (TPSA) is 37.0 Å². The van der Waals surface area contributed by atoms with Crippen LogP contribution >= 0.6 is 23.6 Å². The zero-order chi connectivity index (χ0) is 17.6. The Kier molecular flexibility index (Phi) is 5.58. The first-order valence-electron chi connectivity index (χ1n) is 7.95. The van der Waals surface area contributed by atoms with E-state index < -0.39 is 0 Å². The average molecular weight is 366 g/mol. The summed E-state index contributed by atoms with van der Waals surface area (Å²) in [5, 5.41) is 9.92. The van der Waals surface area contributed by atoms with Crippen molar-refractivity contribution in [2.45, 2.75) is 6.92 Å². The second kappa shape index (κ2) is 8.05. The third-order valence-electron chi connectivity index (χ3n) is 3.73. The first-order valence-corrected chi connectivity index (χ1v) is 9.24. The largest absolute Gasteiger partial charge is 0.359 e. The van der Waals surface area contributed by atoms with Gasteiger partial charge in [0.1, 0.15) is 5.01 Å². The van der Waals surface area contributed by atoms with Crippen molar-refractivity contribution in [3.63, 3.8) is 0 Å². The highest BCUT2D eigenvalue weighted by atomic mass is 32.1. The van der Waals surface area contributed by atoms with Gasteiger partial charge in [-0.25, -0.2) is 4.98 Å². The maximum atomic E-state index is 5.22. The lowest BCUT2D eigenvalue weighted by atomic mass is 10.1. The second-order valence-electron chi connectivity index (χ2n) is 5.55. The maximum absolute atomic E-state index is 5.22. The Bertz CT molecular complexity index is 882. The van der Waals surface area contributed by atoms with Gasteiger partial charge in [-0.05, 0) is 36.8 Å². The molecule has 0 atom stereocenters. The molecule has 5 heteroatoms. The second-order valence-corrected chi connectivity index (χ2v) is 6.82. The number of thiazole rings is 1. The fourth-order valence-electron chi connectivity index (χ4n) is 2.41. The normalized spacial score (nSPS) is 10.3. The number of rotatable bonds is 5. The first-order chi connectivity index (χ1) is 12.2. The molecule has 0 radical (unpaired) electrons. The van der Waals surface area contributed by atoms with Gasteiger partial charge in [0.25, 0.3) is 0 Å². The Balaban J connectivity index is 1.74. The summed E-state index contributed by atoms with van der Waals surface area (Å²) >= 11 is 6.89. The van der Waals surface area contributed by atoms with Crippen molar-refractivity contribution in [2.75, 3.05) is 11.9 Å². The number of benzene rings is 2. The van der Waals surface area contributed by atoms with E-state index >= 15 is 0 Å². The summed E-state index contributed by atoms with van der Waals surface area (Å²) in [5.74, 6) is 0. The van der Waals surface area contributed by atoms with E-state index in [1.54, 1.807) is 17.4 Å². The van der Waals surface area contributed by atoms with Crippen LogP contribution in [0.4, 0.5) is 5.69 Å². The van der Waals surface area contributed by atoms with Crippen molar-refractivity contribution in [1.82, 2.24) is 10.3 Å². The SMILES string of the molecule is C=CCNC(=S)Nc1ccc(-c2csc(-c3ccccc3C)n2)cc1. The van der Waals surface area contributed by atoms with Crippen molar-refractivity contribution in [1.29, 1.82) is 0 Å². The number of thiocarbonyl (C=S) groups is 1. The molecule has 0 bridgehead atoms. The molecule has 1 aromatic heterocycles. The maximum Gasteiger partial charge on any atom is 0.171 e. The Morgan fingerprint density at radius 1 is 1.20 bits per heavy atom. The molecule has 2 aromatic carbocycles. The summed E-state index contributed by atoms with van der Waals surface area (Å²) in [5.41, 5.74) is 5.45. The van der Waals surface area contributed by atoms with E-state index in [-0.39, 0.29) is 0 Å². The van der Waals surface area contributed by atoms with Crippen LogP contribution in [0.2, 0.25) is 0 Å². The molecule has 1 heterocycles. The van der Waals surface area contributed by atoms with Gasteiger partial charge in [0.15, 0.2) is 5.11 Å². The van der Waals surface area contributed by atoms with Gasteiger partial charge in [-0.15, -0.1) is 17.9 Å². The Morgan fingerprint density at radius 2 is 1.96 bits per heavy atom. The third kappa shape index (κ3) is 4.32. The fraction of sp³-hybridized carbons (Fsp3) is 0.100. The minimum Gasteiger partial charge on any atom is -0.359 e. The van der Waals surface area contributed by atoms with Crippen molar-refractivity contribution in [3.05, 3.63) is 72.1 Å². The number of hydrogen-bond acceptors (Lipinski definition) is 3. The summed E-state index contributed by atoms with van der Waals surface area (Å²) in [7, 11) is 0. The summed E-state index contributed by atoms with van der Waals surface area (Å²) < 4.78 is 0. The van der Waals surface area contributed by atoms with Gasteiger partial charge in [-0.3, -0.25) is 0 Å². The van der Waals surface area contributed by atoms with Crippen LogP contribution in [0.15, 0.2) is 66.6 Å². The standard InChI is InChI=1S/C20H19N3S2/c1-3-12-21-20(24)22-16-10-8-15(9-11-16)18-13-25-19(23-18)17-7-5-4-6-14(17)2/h3-11,13H,1,12H2,2H3,(H2,21,22,24). The quantitative estimate of drug-likeness (QED) is 0.478. The van der Waals surface area contributed by atoms with Crippen molar-refractivity contribution >= 4 is 34.4 Å². The van der Waals surface area contributed by atoms with E-state index in [0.29, 0.717) is 11.7 Å². The number of nitrogens with zero attached hydrogens (tertiary/aromatic N) is 1. The van der Waals surface area contributed by atoms with E-state index in [4.69, 9.17) is 17.2 Å². The molecule has 0 fully saturated rings. The third-order valence-corrected chi connectivity index (χ3v) is 4.85. The van der Waals surface area contributed by atoms with Gasteiger partial charge >= 0.3 is 0 Å². The molecular formula is C20H19N3S2. The minimum atomic E-state index is 0.586. The van der Waals surface area contributed by atoms with Crippen molar-refractivity contribution < 1.29 is 0 Å². The molecule has 3 nitrogen and oxygen atoms in total. The molecule has 0 unspecified atom stereocenters. The van der Waals surface area contributed by atoms with Crippen LogP contribution < -0.4 is 10.6 Å². The number of aryl methyl sites for hydroxylation is 1. The van der Waals surface area contributed by atoms with Crippen LogP contribution in [0.25, 0.3) is 21.8 Å². The molecule has 0 aliphatic heterocycles. The monoisotopic (exact) mass is 365 g/mol. The van der Waals surface area contributed by atoms with Crippen LogP contribution in [0, 0.1) is 6.92 Å². The molecule has 0 spiro atoms. The van der Waals surface area contributed by atoms with E-state index in [0.717, 1.165) is 22.0 Å². The molecule has 0 saturated heterocycles. The highest BCUT2D eigenvalue weighted by Crippen LogP contribution is 2.31. The summed E-state index contributed by atoms with van der Waals surface area (Å²) in [6.45, 7) is 6.41. The number of anilines is 1. The molecule has 25 heavy (non-hydrogen) atoms. The molecule has 126 valence electrons. The number of aromatic nitrogens is 1. The predicted octanol–water partition coefficient (Wildman–Crippen LogP) is 5.26. The summed E-state index contributed by atoms with van der Waals surface area (Å²) in [6.07, 6.45) is 1.77. The Labute approximate surface area is 157 Å². The summed E-state index contributed by atoms with van der Waals surface area (Å²) in [4.78, 5) is 4.79. The number of nitrogens with one attached hydrogen (secondary N) is 2. The van der Waals surface area contributed by atoms with Gasteiger partial charge in [0.2, 0.25) is 0 Å². The van der Waals surface area contributed by atoms with Gasteiger partial charge in [0, 0.05) is 28.7 Å². The molecule has 2 N–H and O–H groups in total. The van der Waals surface area contributed by atoms with Crippen LogP contribution in [0.1, 0.15) is 5.56 Å². The van der Waals surface area contributed by atoms with Crippen molar-refractivity contribution in [2.24, 2.45) is 0 Å². The van der Waals surface area contributed by atoms with E-state index in [9.17, 15) is 0 Å². The lowest BCUT2D eigenvalue weighted by molar-refractivity contribution is 1.06. The molecule has 0 aliphatic carbocycles. The first kappa shape index (κ1) is 17.3. The smallest absolute Gasteiger partial charge is 0.171 e. The molecular weight excluding hydrogens is 346 g/mol. The molecule has 0 amide bonds.